The minimum atomic E-state index is -0.450. The normalized spacial score (nSPS) is 23.5. The monoisotopic (exact) mass is 342 g/mol. The Balaban J connectivity index is 1.94. The number of rotatable bonds is 6. The van der Waals surface area contributed by atoms with Crippen molar-refractivity contribution in [2.45, 2.75) is 53.1 Å². The zero-order valence-electron chi connectivity index (χ0n) is 16.0. The highest BCUT2D eigenvalue weighted by molar-refractivity contribution is 6.06. The van der Waals surface area contributed by atoms with Gasteiger partial charge >= 0.3 is 0 Å². The molecule has 4 nitrogen and oxygen atoms in total. The molecular formula is C21H30N2O2. The largest absolute Gasteiger partial charge is 0.478 e. The molecule has 0 bridgehead atoms. The van der Waals surface area contributed by atoms with E-state index in [9.17, 15) is 0 Å². The van der Waals surface area contributed by atoms with Crippen LogP contribution in [0.5, 0.6) is 0 Å². The van der Waals surface area contributed by atoms with Crippen LogP contribution in [-0.4, -0.2) is 37.1 Å². The molecule has 3 rings (SSSR count). The van der Waals surface area contributed by atoms with Crippen molar-refractivity contribution >= 4 is 11.8 Å². The lowest BCUT2D eigenvalue weighted by Crippen LogP contribution is -2.39. The summed E-state index contributed by atoms with van der Waals surface area (Å²) in [5.41, 5.74) is 0.790. The van der Waals surface area contributed by atoms with Crippen molar-refractivity contribution in [1.82, 2.24) is 0 Å². The molecule has 25 heavy (non-hydrogen) atoms. The summed E-state index contributed by atoms with van der Waals surface area (Å²) in [7, 11) is 0. The van der Waals surface area contributed by atoms with Crippen LogP contribution < -0.4 is 0 Å². The second-order valence-electron chi connectivity index (χ2n) is 8.11. The van der Waals surface area contributed by atoms with Crippen LogP contribution in [0.25, 0.3) is 0 Å². The Morgan fingerprint density at radius 3 is 1.80 bits per heavy atom. The highest BCUT2D eigenvalue weighted by Crippen LogP contribution is 2.34. The first-order valence-electron chi connectivity index (χ1n) is 9.36. The minimum Gasteiger partial charge on any atom is -0.478 e. The van der Waals surface area contributed by atoms with E-state index in [0.29, 0.717) is 25.0 Å². The van der Waals surface area contributed by atoms with Gasteiger partial charge in [-0.25, -0.2) is 9.98 Å². The van der Waals surface area contributed by atoms with Crippen LogP contribution in [0, 0.1) is 17.3 Å². The molecule has 4 heteroatoms. The molecule has 2 aliphatic rings. The van der Waals surface area contributed by atoms with Crippen LogP contribution in [0.4, 0.5) is 0 Å². The molecule has 2 aliphatic heterocycles. The Kier molecular flexibility index (Phi) is 5.16. The molecule has 0 saturated carbocycles. The molecule has 0 fully saturated rings. The van der Waals surface area contributed by atoms with Gasteiger partial charge in [-0.2, -0.15) is 0 Å². The lowest BCUT2D eigenvalue weighted by molar-refractivity contribution is 0.243. The van der Waals surface area contributed by atoms with Crippen molar-refractivity contribution in [3.63, 3.8) is 0 Å². The number of benzene rings is 1. The molecule has 0 aromatic heterocycles. The molecule has 136 valence electrons. The van der Waals surface area contributed by atoms with Gasteiger partial charge in [0.05, 0.1) is 12.1 Å². The summed E-state index contributed by atoms with van der Waals surface area (Å²) in [6.45, 7) is 12.2. The first-order chi connectivity index (χ1) is 11.9. The fourth-order valence-electron chi connectivity index (χ4n) is 3.31. The molecule has 0 aliphatic carbocycles. The van der Waals surface area contributed by atoms with Crippen molar-refractivity contribution in [3.05, 3.63) is 35.9 Å². The number of hydrogen-bond acceptors (Lipinski definition) is 4. The van der Waals surface area contributed by atoms with Crippen molar-refractivity contribution in [2.75, 3.05) is 13.2 Å². The summed E-state index contributed by atoms with van der Waals surface area (Å²) >= 11 is 0. The van der Waals surface area contributed by atoms with E-state index in [1.807, 2.05) is 6.07 Å². The van der Waals surface area contributed by atoms with Crippen LogP contribution in [0.1, 0.15) is 40.2 Å². The van der Waals surface area contributed by atoms with Crippen LogP contribution in [-0.2, 0) is 15.9 Å². The van der Waals surface area contributed by atoms with E-state index in [1.165, 1.54) is 5.56 Å². The van der Waals surface area contributed by atoms with Gasteiger partial charge in [0, 0.05) is 0 Å². The Morgan fingerprint density at radius 2 is 1.40 bits per heavy atom. The number of ether oxygens (including phenoxy) is 2. The predicted octanol–water partition coefficient (Wildman–Crippen LogP) is 4.14. The Morgan fingerprint density at radius 1 is 0.920 bits per heavy atom. The van der Waals surface area contributed by atoms with E-state index < -0.39 is 5.41 Å². The quantitative estimate of drug-likeness (QED) is 0.780. The van der Waals surface area contributed by atoms with Crippen LogP contribution in [0.2, 0.25) is 0 Å². The third kappa shape index (κ3) is 3.73. The summed E-state index contributed by atoms with van der Waals surface area (Å²) in [5.74, 6) is 2.48. The zero-order chi connectivity index (χ0) is 18.0. The predicted molar refractivity (Wildman–Crippen MR) is 102 cm³/mol. The van der Waals surface area contributed by atoms with Gasteiger partial charge in [0.1, 0.15) is 18.6 Å². The molecule has 0 N–H and O–H groups in total. The van der Waals surface area contributed by atoms with Crippen molar-refractivity contribution in [1.29, 1.82) is 0 Å². The summed E-state index contributed by atoms with van der Waals surface area (Å²) < 4.78 is 12.1. The Hall–Kier alpha value is -1.84. The van der Waals surface area contributed by atoms with E-state index in [4.69, 9.17) is 19.5 Å². The average molecular weight is 342 g/mol. The highest BCUT2D eigenvalue weighted by atomic mass is 16.5. The number of hydrogen-bond donors (Lipinski definition) is 0. The fourth-order valence-corrected chi connectivity index (χ4v) is 3.31. The summed E-state index contributed by atoms with van der Waals surface area (Å²) in [5, 5.41) is 0. The summed E-state index contributed by atoms with van der Waals surface area (Å²) in [6, 6.07) is 10.9. The summed E-state index contributed by atoms with van der Waals surface area (Å²) in [4.78, 5) is 9.81. The molecule has 0 saturated heterocycles. The number of aliphatic imine (C=N–C) groups is 2. The lowest BCUT2D eigenvalue weighted by atomic mass is 9.82. The van der Waals surface area contributed by atoms with Crippen LogP contribution >= 0.6 is 0 Å². The van der Waals surface area contributed by atoms with E-state index in [2.05, 4.69) is 58.9 Å². The van der Waals surface area contributed by atoms with Gasteiger partial charge in [-0.15, -0.1) is 0 Å². The average Bonchev–Trinajstić information content (AvgIpc) is 3.26. The van der Waals surface area contributed by atoms with Crippen molar-refractivity contribution < 1.29 is 9.47 Å². The fraction of sp³-hybridized carbons (Fsp3) is 0.619. The Bertz CT molecular complexity index is 615. The second-order valence-corrected chi connectivity index (χ2v) is 8.11. The van der Waals surface area contributed by atoms with Gasteiger partial charge in [-0.05, 0) is 30.7 Å². The zero-order valence-corrected chi connectivity index (χ0v) is 16.0. The topological polar surface area (TPSA) is 43.2 Å². The third-order valence-corrected chi connectivity index (χ3v) is 5.23. The van der Waals surface area contributed by atoms with E-state index in [0.717, 1.165) is 18.2 Å². The van der Waals surface area contributed by atoms with Gasteiger partial charge in [0.15, 0.2) is 11.8 Å². The second kappa shape index (κ2) is 7.19. The molecule has 2 atom stereocenters. The van der Waals surface area contributed by atoms with Crippen LogP contribution in [0.3, 0.4) is 0 Å². The van der Waals surface area contributed by atoms with Crippen molar-refractivity contribution in [3.8, 4) is 0 Å². The maximum Gasteiger partial charge on any atom is 0.199 e. The maximum atomic E-state index is 6.06. The Labute approximate surface area is 151 Å². The molecule has 1 aromatic rings. The molecule has 0 spiro atoms. The lowest BCUT2D eigenvalue weighted by Gasteiger charge is -2.28. The smallest absolute Gasteiger partial charge is 0.199 e. The van der Waals surface area contributed by atoms with E-state index in [-0.39, 0.29) is 12.1 Å². The SMILES string of the molecule is CC(C)[C@@H]1COC(C(C)(Cc2ccccc2)C2=N[C@H](C(C)C)CO2)=N1. The molecule has 0 unspecified atom stereocenters. The van der Waals surface area contributed by atoms with Gasteiger partial charge in [-0.3, -0.25) is 0 Å². The van der Waals surface area contributed by atoms with E-state index >= 15 is 0 Å². The standard InChI is InChI=1S/C21H30N2O2/c1-14(2)17-12-24-19(22-17)21(5,11-16-9-7-6-8-10-16)20-23-18(13-25-20)15(3)4/h6-10,14-15,17-18H,11-13H2,1-5H3/t17-,18-/m0/s1. The molecule has 2 heterocycles. The first-order valence-corrected chi connectivity index (χ1v) is 9.36. The van der Waals surface area contributed by atoms with Gasteiger partial charge < -0.3 is 9.47 Å². The molecule has 0 radical (unpaired) electrons. The van der Waals surface area contributed by atoms with E-state index in [1.54, 1.807) is 0 Å². The first kappa shape index (κ1) is 18.0. The van der Waals surface area contributed by atoms with Gasteiger partial charge in [-0.1, -0.05) is 58.0 Å². The van der Waals surface area contributed by atoms with Crippen LogP contribution in [0.15, 0.2) is 40.3 Å². The summed E-state index contributed by atoms with van der Waals surface area (Å²) in [6.07, 6.45) is 0.779. The van der Waals surface area contributed by atoms with Crippen molar-refractivity contribution in [2.24, 2.45) is 27.2 Å². The van der Waals surface area contributed by atoms with Gasteiger partial charge in [0.25, 0.3) is 0 Å². The number of nitrogens with zero attached hydrogens (tertiary/aromatic N) is 2. The molecule has 1 aromatic carbocycles. The minimum absolute atomic E-state index is 0.216. The maximum absolute atomic E-state index is 6.06. The highest BCUT2D eigenvalue weighted by Gasteiger charge is 2.45. The molecule has 0 amide bonds. The third-order valence-electron chi connectivity index (χ3n) is 5.23. The molecular weight excluding hydrogens is 312 g/mol. The van der Waals surface area contributed by atoms with Gasteiger partial charge in [0.2, 0.25) is 0 Å².